The van der Waals surface area contributed by atoms with Gasteiger partial charge in [0.05, 0.1) is 0 Å². The molecule has 1 aromatic rings. The van der Waals surface area contributed by atoms with Crippen LogP contribution in [0.2, 0.25) is 0 Å². The molecule has 1 N–H and O–H groups in total. The number of hydrogen-bond acceptors (Lipinski definition) is 2. The summed E-state index contributed by atoms with van der Waals surface area (Å²) in [5, 5.41) is 10.2. The second-order valence-corrected chi connectivity index (χ2v) is 7.08. The molecular weight excluding hydrogens is 258 g/mol. The molecule has 1 aliphatic carbocycles. The Morgan fingerprint density at radius 2 is 1.71 bits per heavy atom. The SMILES string of the molecule is CCC(c1ccccc1O)N1CCC2(CCCCC2)CC1. The Balaban J connectivity index is 1.68. The maximum absolute atomic E-state index is 10.2. The first-order valence-electron chi connectivity index (χ1n) is 8.76. The monoisotopic (exact) mass is 287 g/mol. The van der Waals surface area contributed by atoms with Crippen molar-refractivity contribution in [2.45, 2.75) is 64.3 Å². The van der Waals surface area contributed by atoms with Crippen LogP contribution in [0.1, 0.15) is 69.9 Å². The average Bonchev–Trinajstić information content (AvgIpc) is 2.53. The molecule has 2 heteroatoms. The van der Waals surface area contributed by atoms with Crippen LogP contribution in [0.3, 0.4) is 0 Å². The van der Waals surface area contributed by atoms with Crippen LogP contribution in [0.5, 0.6) is 5.75 Å². The van der Waals surface area contributed by atoms with Gasteiger partial charge in [0.25, 0.3) is 0 Å². The minimum atomic E-state index is 0.382. The number of phenolic OH excluding ortho intramolecular Hbond substituents is 1. The normalized spacial score (nSPS) is 24.0. The van der Waals surface area contributed by atoms with Gasteiger partial charge in [-0.25, -0.2) is 0 Å². The molecule has 2 aliphatic rings. The summed E-state index contributed by atoms with van der Waals surface area (Å²) in [6.45, 7) is 4.64. The van der Waals surface area contributed by atoms with Crippen LogP contribution in [0.15, 0.2) is 24.3 Å². The number of aromatic hydroxyl groups is 1. The van der Waals surface area contributed by atoms with Gasteiger partial charge in [-0.05, 0) is 56.7 Å². The molecule has 116 valence electrons. The summed E-state index contributed by atoms with van der Waals surface area (Å²) in [7, 11) is 0. The lowest BCUT2D eigenvalue weighted by molar-refractivity contribution is 0.0429. The van der Waals surface area contributed by atoms with Crippen molar-refractivity contribution in [1.82, 2.24) is 4.90 Å². The number of benzene rings is 1. The van der Waals surface area contributed by atoms with Gasteiger partial charge in [0.15, 0.2) is 0 Å². The minimum absolute atomic E-state index is 0.382. The fourth-order valence-electron chi connectivity index (χ4n) is 4.56. The van der Waals surface area contributed by atoms with Crippen LogP contribution >= 0.6 is 0 Å². The molecule has 3 rings (SSSR count). The standard InChI is InChI=1S/C19H29NO/c1-2-17(16-8-4-5-9-18(16)21)20-14-12-19(13-15-20)10-6-3-7-11-19/h4-5,8-9,17,21H,2-3,6-7,10-15H2,1H3. The van der Waals surface area contributed by atoms with E-state index in [2.05, 4.69) is 17.9 Å². The van der Waals surface area contributed by atoms with E-state index >= 15 is 0 Å². The fourth-order valence-corrected chi connectivity index (χ4v) is 4.56. The summed E-state index contributed by atoms with van der Waals surface area (Å²) in [6, 6.07) is 8.26. The summed E-state index contributed by atoms with van der Waals surface area (Å²) >= 11 is 0. The quantitative estimate of drug-likeness (QED) is 0.855. The lowest BCUT2D eigenvalue weighted by Crippen LogP contribution is -2.42. The number of piperidine rings is 1. The zero-order valence-electron chi connectivity index (χ0n) is 13.4. The van der Waals surface area contributed by atoms with Crippen molar-refractivity contribution in [2.75, 3.05) is 13.1 Å². The topological polar surface area (TPSA) is 23.5 Å². The molecule has 21 heavy (non-hydrogen) atoms. The van der Waals surface area contributed by atoms with Gasteiger partial charge >= 0.3 is 0 Å². The highest BCUT2D eigenvalue weighted by Gasteiger charge is 2.37. The predicted molar refractivity (Wildman–Crippen MR) is 87.5 cm³/mol. The number of hydrogen-bond donors (Lipinski definition) is 1. The predicted octanol–water partition coefficient (Wildman–Crippen LogP) is 4.89. The molecule has 1 aliphatic heterocycles. The molecule has 0 bridgehead atoms. The molecule has 0 amide bonds. The second kappa shape index (κ2) is 6.39. The first kappa shape index (κ1) is 14.9. The molecule has 0 aromatic heterocycles. The van der Waals surface area contributed by atoms with Crippen molar-refractivity contribution in [1.29, 1.82) is 0 Å². The third-order valence-electron chi connectivity index (χ3n) is 5.90. The molecule has 1 atom stereocenters. The number of nitrogens with zero attached hydrogens (tertiary/aromatic N) is 1. The Hall–Kier alpha value is -1.02. The van der Waals surface area contributed by atoms with Crippen LogP contribution in [-0.4, -0.2) is 23.1 Å². The molecule has 2 fully saturated rings. The van der Waals surface area contributed by atoms with E-state index in [1.54, 1.807) is 0 Å². The Bertz CT molecular complexity index is 454. The lowest BCUT2D eigenvalue weighted by Gasteiger charge is -2.46. The van der Waals surface area contributed by atoms with Gasteiger partial charge < -0.3 is 5.11 Å². The van der Waals surface area contributed by atoms with Gasteiger partial charge in [-0.15, -0.1) is 0 Å². The maximum atomic E-state index is 10.2. The van der Waals surface area contributed by atoms with E-state index in [1.807, 2.05) is 18.2 Å². The molecule has 1 unspecified atom stereocenters. The van der Waals surface area contributed by atoms with Gasteiger partial charge in [0, 0.05) is 11.6 Å². The van der Waals surface area contributed by atoms with Crippen LogP contribution in [0, 0.1) is 5.41 Å². The van der Waals surface area contributed by atoms with Crippen LogP contribution in [0.25, 0.3) is 0 Å². The van der Waals surface area contributed by atoms with Crippen molar-refractivity contribution in [3.63, 3.8) is 0 Å². The van der Waals surface area contributed by atoms with Crippen LogP contribution < -0.4 is 0 Å². The summed E-state index contributed by atoms with van der Waals surface area (Å²) in [4.78, 5) is 2.61. The molecule has 1 aromatic carbocycles. The Kier molecular flexibility index (Phi) is 4.54. The number of likely N-dealkylation sites (tertiary alicyclic amines) is 1. The minimum Gasteiger partial charge on any atom is -0.508 e. The lowest BCUT2D eigenvalue weighted by atomic mass is 9.68. The van der Waals surface area contributed by atoms with Crippen LogP contribution in [0.4, 0.5) is 0 Å². The van der Waals surface area contributed by atoms with Gasteiger partial charge in [-0.2, -0.15) is 0 Å². The first-order chi connectivity index (χ1) is 10.2. The van der Waals surface area contributed by atoms with Crippen LogP contribution in [-0.2, 0) is 0 Å². The van der Waals surface area contributed by atoms with E-state index < -0.39 is 0 Å². The number of para-hydroxylation sites is 1. The van der Waals surface area contributed by atoms with E-state index in [0.29, 0.717) is 17.2 Å². The molecular formula is C19H29NO. The average molecular weight is 287 g/mol. The van der Waals surface area contributed by atoms with Gasteiger partial charge in [0.1, 0.15) is 5.75 Å². The molecule has 0 radical (unpaired) electrons. The van der Waals surface area contributed by atoms with E-state index in [1.165, 1.54) is 58.0 Å². The molecule has 1 saturated carbocycles. The van der Waals surface area contributed by atoms with Gasteiger partial charge in [-0.3, -0.25) is 4.90 Å². The largest absolute Gasteiger partial charge is 0.508 e. The Morgan fingerprint density at radius 3 is 2.33 bits per heavy atom. The van der Waals surface area contributed by atoms with E-state index in [-0.39, 0.29) is 0 Å². The van der Waals surface area contributed by atoms with E-state index in [9.17, 15) is 5.11 Å². The number of phenols is 1. The second-order valence-electron chi connectivity index (χ2n) is 7.08. The summed E-state index contributed by atoms with van der Waals surface area (Å²) in [5.74, 6) is 0.460. The van der Waals surface area contributed by atoms with Crippen molar-refractivity contribution >= 4 is 0 Å². The highest BCUT2D eigenvalue weighted by Crippen LogP contribution is 2.46. The Labute approximate surface area is 129 Å². The molecule has 1 saturated heterocycles. The molecule has 1 spiro atoms. The highest BCUT2D eigenvalue weighted by atomic mass is 16.3. The summed E-state index contributed by atoms with van der Waals surface area (Å²) < 4.78 is 0. The third-order valence-corrected chi connectivity index (χ3v) is 5.90. The van der Waals surface area contributed by atoms with E-state index in [4.69, 9.17) is 0 Å². The fraction of sp³-hybridized carbons (Fsp3) is 0.684. The Morgan fingerprint density at radius 1 is 1.05 bits per heavy atom. The van der Waals surface area contributed by atoms with Gasteiger partial charge in [-0.1, -0.05) is 44.4 Å². The van der Waals surface area contributed by atoms with Crippen molar-refractivity contribution in [2.24, 2.45) is 5.41 Å². The smallest absolute Gasteiger partial charge is 0.120 e. The third kappa shape index (κ3) is 3.11. The zero-order chi connectivity index (χ0) is 14.7. The van der Waals surface area contributed by atoms with E-state index in [0.717, 1.165) is 12.0 Å². The number of rotatable bonds is 3. The first-order valence-corrected chi connectivity index (χ1v) is 8.76. The zero-order valence-corrected chi connectivity index (χ0v) is 13.4. The van der Waals surface area contributed by atoms with Crippen molar-refractivity contribution < 1.29 is 5.11 Å². The maximum Gasteiger partial charge on any atom is 0.120 e. The summed E-state index contributed by atoms with van der Waals surface area (Å²) in [5.41, 5.74) is 1.77. The van der Waals surface area contributed by atoms with Crippen molar-refractivity contribution in [3.8, 4) is 5.75 Å². The van der Waals surface area contributed by atoms with Gasteiger partial charge in [0.2, 0.25) is 0 Å². The molecule has 2 nitrogen and oxygen atoms in total. The molecule has 1 heterocycles. The highest BCUT2D eigenvalue weighted by molar-refractivity contribution is 5.34. The van der Waals surface area contributed by atoms with Crippen molar-refractivity contribution in [3.05, 3.63) is 29.8 Å². The summed E-state index contributed by atoms with van der Waals surface area (Å²) in [6.07, 6.45) is 11.0.